The minimum Gasteiger partial charge on any atom is -0.501 e. The summed E-state index contributed by atoms with van der Waals surface area (Å²) in [6.45, 7) is 0. The second-order valence-corrected chi connectivity index (χ2v) is 2.42. The minimum atomic E-state index is -0.985. The van der Waals surface area contributed by atoms with Gasteiger partial charge in [-0.3, -0.25) is 9.59 Å². The molecule has 0 radical (unpaired) electrons. The minimum absolute atomic E-state index is 0.590. The van der Waals surface area contributed by atoms with Crippen molar-refractivity contribution in [1.29, 1.82) is 0 Å². The summed E-state index contributed by atoms with van der Waals surface area (Å²) in [6.07, 6.45) is 0. The van der Waals surface area contributed by atoms with Crippen LogP contribution in [-0.4, -0.2) is 36.0 Å². The Hall–Kier alpha value is -1.98. The van der Waals surface area contributed by atoms with Gasteiger partial charge in [0.1, 0.15) is 0 Å². The maximum absolute atomic E-state index is 11.2. The molecule has 1 aliphatic rings. The third-order valence-electron chi connectivity index (χ3n) is 1.68. The summed E-state index contributed by atoms with van der Waals surface area (Å²) in [5.74, 6) is -4.89. The van der Waals surface area contributed by atoms with E-state index in [4.69, 9.17) is 0 Å². The highest BCUT2D eigenvalue weighted by Gasteiger charge is 2.37. The van der Waals surface area contributed by atoms with Gasteiger partial charge in [-0.2, -0.15) is 0 Å². The molecule has 0 atom stereocenters. The second kappa shape index (κ2) is 3.41. The lowest BCUT2D eigenvalue weighted by molar-refractivity contribution is -0.125. The van der Waals surface area contributed by atoms with E-state index in [2.05, 4.69) is 9.47 Å². The maximum Gasteiger partial charge on any atom is 0.269 e. The zero-order valence-corrected chi connectivity index (χ0v) is 7.53. The Morgan fingerprint density at radius 3 is 1.36 bits per heavy atom. The average molecular weight is 200 g/mol. The zero-order valence-electron chi connectivity index (χ0n) is 7.53. The van der Waals surface area contributed by atoms with Gasteiger partial charge >= 0.3 is 0 Å². The molecule has 0 saturated heterocycles. The number of rotatable bonds is 2. The van der Waals surface area contributed by atoms with E-state index >= 15 is 0 Å². The lowest BCUT2D eigenvalue weighted by Crippen LogP contribution is -2.25. The van der Waals surface area contributed by atoms with Crippen LogP contribution in [0.3, 0.4) is 0 Å². The van der Waals surface area contributed by atoms with Crippen LogP contribution >= 0.6 is 0 Å². The predicted octanol–water partition coefficient (Wildman–Crippen LogP) is -0.0298. The molecule has 0 aromatic heterocycles. The van der Waals surface area contributed by atoms with Gasteiger partial charge in [-0.25, -0.2) is 0 Å². The number of carbonyl (C=O) groups is 2. The first-order valence-electron chi connectivity index (χ1n) is 3.58. The molecule has 0 unspecified atom stereocenters. The van der Waals surface area contributed by atoms with Crippen molar-refractivity contribution in [2.45, 2.75) is 0 Å². The van der Waals surface area contributed by atoms with Crippen molar-refractivity contribution >= 4 is 11.6 Å². The lowest BCUT2D eigenvalue weighted by Gasteiger charge is -2.14. The smallest absolute Gasteiger partial charge is 0.269 e. The molecule has 0 amide bonds. The summed E-state index contributed by atoms with van der Waals surface area (Å²) in [6, 6.07) is 0. The van der Waals surface area contributed by atoms with Crippen LogP contribution in [-0.2, 0) is 19.1 Å². The fourth-order valence-corrected chi connectivity index (χ4v) is 1.02. The van der Waals surface area contributed by atoms with Crippen LogP contribution in [0.25, 0.3) is 0 Å². The molecule has 0 spiro atoms. The molecule has 0 aliphatic heterocycles. The maximum atomic E-state index is 11.2. The normalized spacial score (nSPS) is 17.6. The molecule has 0 aromatic rings. The Bertz CT molecular complexity index is 326. The van der Waals surface area contributed by atoms with Crippen molar-refractivity contribution in [1.82, 2.24) is 0 Å². The van der Waals surface area contributed by atoms with Crippen LogP contribution in [0.1, 0.15) is 0 Å². The third kappa shape index (κ3) is 1.20. The predicted molar refractivity (Wildman–Crippen MR) is 43.3 cm³/mol. The van der Waals surface area contributed by atoms with Crippen molar-refractivity contribution in [3.05, 3.63) is 23.0 Å². The topological polar surface area (TPSA) is 93.1 Å². The van der Waals surface area contributed by atoms with Gasteiger partial charge in [0.15, 0.2) is 0 Å². The third-order valence-corrected chi connectivity index (χ3v) is 1.68. The Morgan fingerprint density at radius 1 is 0.857 bits per heavy atom. The zero-order chi connectivity index (χ0) is 10.9. The van der Waals surface area contributed by atoms with E-state index in [0.717, 1.165) is 14.2 Å². The van der Waals surface area contributed by atoms with E-state index in [1.807, 2.05) is 0 Å². The van der Waals surface area contributed by atoms with E-state index in [1.54, 1.807) is 0 Å². The molecule has 14 heavy (non-hydrogen) atoms. The molecule has 76 valence electrons. The highest BCUT2D eigenvalue weighted by Crippen LogP contribution is 2.22. The van der Waals surface area contributed by atoms with Gasteiger partial charge in [0.05, 0.1) is 14.2 Å². The van der Waals surface area contributed by atoms with Gasteiger partial charge < -0.3 is 19.7 Å². The molecule has 6 nitrogen and oxygen atoms in total. The van der Waals surface area contributed by atoms with Crippen molar-refractivity contribution in [3.8, 4) is 0 Å². The second-order valence-electron chi connectivity index (χ2n) is 2.42. The highest BCUT2D eigenvalue weighted by atomic mass is 16.5. The molecular formula is C8H8O6. The number of aliphatic hydroxyl groups excluding tert-OH is 2. The quantitative estimate of drug-likeness (QED) is 0.608. The summed E-state index contributed by atoms with van der Waals surface area (Å²) in [4.78, 5) is 22.4. The fourth-order valence-electron chi connectivity index (χ4n) is 1.02. The molecular weight excluding hydrogens is 192 g/mol. The van der Waals surface area contributed by atoms with Crippen LogP contribution in [0.4, 0.5) is 0 Å². The summed E-state index contributed by atoms with van der Waals surface area (Å²) >= 11 is 0. The van der Waals surface area contributed by atoms with E-state index in [-0.39, 0.29) is 0 Å². The van der Waals surface area contributed by atoms with Gasteiger partial charge in [0.2, 0.25) is 23.0 Å². The SMILES string of the molecule is COC1=C(O)C(=O)C(OC)=C(O)C1=O. The molecule has 1 rings (SSSR count). The Balaban J connectivity index is 3.28. The molecule has 0 saturated carbocycles. The molecule has 0 fully saturated rings. The fraction of sp³-hybridized carbons (Fsp3) is 0.250. The van der Waals surface area contributed by atoms with Crippen molar-refractivity contribution in [3.63, 3.8) is 0 Å². The monoisotopic (exact) mass is 200 g/mol. The largest absolute Gasteiger partial charge is 0.501 e. The van der Waals surface area contributed by atoms with Gasteiger partial charge in [0, 0.05) is 0 Å². The number of ketones is 2. The number of carbonyl (C=O) groups excluding carboxylic acids is 2. The lowest BCUT2D eigenvalue weighted by atomic mass is 10.1. The number of Topliss-reactive ketones (excluding diaryl/α,β-unsaturated/α-hetero) is 2. The first-order chi connectivity index (χ1) is 6.54. The van der Waals surface area contributed by atoms with Crippen molar-refractivity contribution in [2.75, 3.05) is 14.2 Å². The van der Waals surface area contributed by atoms with Gasteiger partial charge in [0.25, 0.3) is 11.6 Å². The number of hydrogen-bond donors (Lipinski definition) is 2. The van der Waals surface area contributed by atoms with E-state index in [9.17, 15) is 19.8 Å². The van der Waals surface area contributed by atoms with Gasteiger partial charge in [-0.15, -0.1) is 0 Å². The van der Waals surface area contributed by atoms with Crippen LogP contribution in [0.2, 0.25) is 0 Å². The van der Waals surface area contributed by atoms with Crippen LogP contribution in [0, 0.1) is 0 Å². The number of hydrogen-bond acceptors (Lipinski definition) is 6. The Labute approximate surface area is 79.0 Å². The number of methoxy groups -OCH3 is 2. The van der Waals surface area contributed by atoms with Gasteiger partial charge in [-0.1, -0.05) is 0 Å². The Morgan fingerprint density at radius 2 is 1.14 bits per heavy atom. The molecule has 0 heterocycles. The van der Waals surface area contributed by atoms with Crippen LogP contribution < -0.4 is 0 Å². The molecule has 0 bridgehead atoms. The van der Waals surface area contributed by atoms with Crippen molar-refractivity contribution < 1.29 is 29.3 Å². The van der Waals surface area contributed by atoms with Crippen LogP contribution in [0.5, 0.6) is 0 Å². The molecule has 0 aromatic carbocycles. The Kier molecular flexibility index (Phi) is 2.46. The summed E-state index contributed by atoms with van der Waals surface area (Å²) < 4.78 is 8.92. The molecule has 6 heteroatoms. The van der Waals surface area contributed by atoms with Crippen LogP contribution in [0.15, 0.2) is 23.0 Å². The first kappa shape index (κ1) is 10.1. The first-order valence-corrected chi connectivity index (χ1v) is 3.58. The molecule has 2 N–H and O–H groups in total. The number of ether oxygens (including phenoxy) is 2. The average Bonchev–Trinajstić information content (AvgIpc) is 2.17. The number of aliphatic hydroxyl groups is 2. The van der Waals surface area contributed by atoms with E-state index in [0.29, 0.717) is 0 Å². The summed E-state index contributed by atoms with van der Waals surface area (Å²) in [5.41, 5.74) is 0. The summed E-state index contributed by atoms with van der Waals surface area (Å²) in [7, 11) is 2.20. The van der Waals surface area contributed by atoms with Gasteiger partial charge in [-0.05, 0) is 0 Å². The van der Waals surface area contributed by atoms with E-state index < -0.39 is 34.6 Å². The van der Waals surface area contributed by atoms with E-state index in [1.165, 1.54) is 0 Å². The summed E-state index contributed by atoms with van der Waals surface area (Å²) in [5, 5.41) is 18.4. The molecule has 1 aliphatic carbocycles. The highest BCUT2D eigenvalue weighted by molar-refractivity contribution is 6.21. The standard InChI is InChI=1S/C8H8O6/c1-13-7-3(9)5(11)8(14-2)6(12)4(7)10/h9,12H,1-2H3. The van der Waals surface area contributed by atoms with Crippen molar-refractivity contribution in [2.24, 2.45) is 0 Å².